The van der Waals surface area contributed by atoms with Gasteiger partial charge in [-0.05, 0) is 46.1 Å². The summed E-state index contributed by atoms with van der Waals surface area (Å²) < 4.78 is 0. The lowest BCUT2D eigenvalue weighted by atomic mass is 9.94. The second-order valence-electron chi connectivity index (χ2n) is 5.99. The van der Waals surface area contributed by atoms with E-state index >= 15 is 0 Å². The summed E-state index contributed by atoms with van der Waals surface area (Å²) in [5.74, 6) is 0. The van der Waals surface area contributed by atoms with Crippen LogP contribution in [-0.4, -0.2) is 12.0 Å². The second-order valence-corrected chi connectivity index (χ2v) is 7.07. The molecule has 1 aliphatic rings. The predicted octanol–water partition coefficient (Wildman–Crippen LogP) is 4.43. The van der Waals surface area contributed by atoms with Gasteiger partial charge in [0, 0.05) is 4.88 Å². The van der Waals surface area contributed by atoms with E-state index in [9.17, 15) is 0 Å². The Morgan fingerprint density at radius 3 is 2.68 bits per heavy atom. The SMILES string of the molecule is CCCCCCC(C)(NC)c1nc2c(s1)CCCC2. The molecular weight excluding hydrogens is 252 g/mol. The quantitative estimate of drug-likeness (QED) is 0.748. The third-order valence-electron chi connectivity index (χ3n) is 4.40. The van der Waals surface area contributed by atoms with Gasteiger partial charge < -0.3 is 5.32 Å². The van der Waals surface area contributed by atoms with Gasteiger partial charge in [0.2, 0.25) is 0 Å². The fourth-order valence-electron chi connectivity index (χ4n) is 2.83. The molecule has 1 unspecified atom stereocenters. The third-order valence-corrected chi connectivity index (χ3v) is 5.82. The molecule has 0 amide bonds. The summed E-state index contributed by atoms with van der Waals surface area (Å²) in [6.45, 7) is 4.59. The van der Waals surface area contributed by atoms with Crippen molar-refractivity contribution in [1.29, 1.82) is 0 Å². The van der Waals surface area contributed by atoms with Crippen molar-refractivity contribution >= 4 is 11.3 Å². The van der Waals surface area contributed by atoms with Crippen LogP contribution in [0, 0.1) is 0 Å². The van der Waals surface area contributed by atoms with E-state index in [-0.39, 0.29) is 5.54 Å². The number of nitrogens with one attached hydrogen (secondary N) is 1. The van der Waals surface area contributed by atoms with Crippen LogP contribution < -0.4 is 5.32 Å². The number of nitrogens with zero attached hydrogens (tertiary/aromatic N) is 1. The Kier molecular flexibility index (Phi) is 5.40. The van der Waals surface area contributed by atoms with E-state index < -0.39 is 0 Å². The lowest BCUT2D eigenvalue weighted by Gasteiger charge is -2.27. The zero-order valence-electron chi connectivity index (χ0n) is 12.7. The Morgan fingerprint density at radius 1 is 1.21 bits per heavy atom. The summed E-state index contributed by atoms with van der Waals surface area (Å²) in [6.07, 6.45) is 11.6. The Labute approximate surface area is 122 Å². The van der Waals surface area contributed by atoms with Gasteiger partial charge in [-0.15, -0.1) is 11.3 Å². The smallest absolute Gasteiger partial charge is 0.113 e. The molecule has 0 aliphatic heterocycles. The van der Waals surface area contributed by atoms with Gasteiger partial charge in [-0.2, -0.15) is 0 Å². The number of thiazole rings is 1. The average molecular weight is 280 g/mol. The summed E-state index contributed by atoms with van der Waals surface area (Å²) in [5, 5.41) is 4.85. The van der Waals surface area contributed by atoms with E-state index in [1.54, 1.807) is 4.88 Å². The van der Waals surface area contributed by atoms with Gasteiger partial charge in [-0.1, -0.05) is 32.6 Å². The van der Waals surface area contributed by atoms with Crippen molar-refractivity contribution in [2.45, 2.75) is 77.2 Å². The highest BCUT2D eigenvalue weighted by atomic mass is 32.1. The Balaban J connectivity index is 2.04. The highest BCUT2D eigenvalue weighted by molar-refractivity contribution is 7.11. The van der Waals surface area contributed by atoms with Gasteiger partial charge in [0.15, 0.2) is 0 Å². The van der Waals surface area contributed by atoms with Crippen LogP contribution in [0.4, 0.5) is 0 Å². The normalized spacial score (nSPS) is 18.1. The van der Waals surface area contributed by atoms with Crippen molar-refractivity contribution in [3.8, 4) is 0 Å². The largest absolute Gasteiger partial charge is 0.309 e. The molecule has 0 saturated heterocycles. The molecule has 3 heteroatoms. The van der Waals surface area contributed by atoms with Crippen LogP contribution in [-0.2, 0) is 18.4 Å². The zero-order chi connectivity index (χ0) is 13.7. The van der Waals surface area contributed by atoms with Crippen LogP contribution in [0.25, 0.3) is 0 Å². The van der Waals surface area contributed by atoms with E-state index in [1.165, 1.54) is 68.5 Å². The molecule has 1 aliphatic carbocycles. The maximum Gasteiger partial charge on any atom is 0.113 e. The van der Waals surface area contributed by atoms with Crippen molar-refractivity contribution in [2.24, 2.45) is 0 Å². The molecular formula is C16H28N2S. The third kappa shape index (κ3) is 3.57. The topological polar surface area (TPSA) is 24.9 Å². The van der Waals surface area contributed by atoms with Crippen LogP contribution in [0.3, 0.4) is 0 Å². The van der Waals surface area contributed by atoms with E-state index in [4.69, 9.17) is 4.98 Å². The molecule has 2 rings (SSSR count). The van der Waals surface area contributed by atoms with Gasteiger partial charge in [-0.25, -0.2) is 4.98 Å². The van der Waals surface area contributed by atoms with E-state index in [2.05, 4.69) is 26.2 Å². The minimum absolute atomic E-state index is 0.0791. The number of hydrogen-bond donors (Lipinski definition) is 1. The molecule has 108 valence electrons. The van der Waals surface area contributed by atoms with Crippen molar-refractivity contribution in [3.05, 3.63) is 15.6 Å². The number of rotatable bonds is 7. The van der Waals surface area contributed by atoms with Crippen LogP contribution in [0.1, 0.15) is 74.4 Å². The monoisotopic (exact) mass is 280 g/mol. The molecule has 0 aromatic carbocycles. The summed E-state index contributed by atoms with van der Waals surface area (Å²) in [6, 6.07) is 0. The maximum atomic E-state index is 4.95. The van der Waals surface area contributed by atoms with Crippen molar-refractivity contribution < 1.29 is 0 Å². The highest BCUT2D eigenvalue weighted by Gasteiger charge is 2.29. The standard InChI is InChI=1S/C16H28N2S/c1-4-5-6-9-12-16(2,17-3)15-18-13-10-7-8-11-14(13)19-15/h17H,4-12H2,1-3H3. The zero-order valence-corrected chi connectivity index (χ0v) is 13.5. The summed E-state index contributed by atoms with van der Waals surface area (Å²) in [7, 11) is 2.08. The summed E-state index contributed by atoms with van der Waals surface area (Å²) >= 11 is 1.96. The minimum atomic E-state index is 0.0791. The molecule has 2 nitrogen and oxygen atoms in total. The number of fused-ring (bicyclic) bond motifs is 1. The first-order valence-electron chi connectivity index (χ1n) is 7.87. The second kappa shape index (κ2) is 6.85. The van der Waals surface area contributed by atoms with Crippen molar-refractivity contribution in [3.63, 3.8) is 0 Å². The molecule has 1 aromatic heterocycles. The first kappa shape index (κ1) is 15.0. The van der Waals surface area contributed by atoms with Gasteiger partial charge in [-0.3, -0.25) is 0 Å². The van der Waals surface area contributed by atoms with Crippen LogP contribution in [0.15, 0.2) is 0 Å². The van der Waals surface area contributed by atoms with Crippen molar-refractivity contribution in [1.82, 2.24) is 10.3 Å². The fourth-order valence-corrected chi connectivity index (χ4v) is 4.16. The molecule has 1 heterocycles. The van der Waals surface area contributed by atoms with E-state index in [1.807, 2.05) is 11.3 Å². The Morgan fingerprint density at radius 2 is 2.00 bits per heavy atom. The first-order valence-corrected chi connectivity index (χ1v) is 8.69. The van der Waals surface area contributed by atoms with Gasteiger partial charge in [0.1, 0.15) is 5.01 Å². The molecule has 0 fully saturated rings. The lowest BCUT2D eigenvalue weighted by molar-refractivity contribution is 0.350. The highest BCUT2D eigenvalue weighted by Crippen LogP contribution is 2.35. The van der Waals surface area contributed by atoms with Crippen LogP contribution >= 0.6 is 11.3 Å². The molecule has 1 N–H and O–H groups in total. The first-order chi connectivity index (χ1) is 9.19. The van der Waals surface area contributed by atoms with Gasteiger partial charge >= 0.3 is 0 Å². The number of hydrogen-bond acceptors (Lipinski definition) is 3. The maximum absolute atomic E-state index is 4.95. The van der Waals surface area contributed by atoms with Crippen molar-refractivity contribution in [2.75, 3.05) is 7.05 Å². The van der Waals surface area contributed by atoms with Crippen LogP contribution in [0.5, 0.6) is 0 Å². The molecule has 0 bridgehead atoms. The summed E-state index contributed by atoms with van der Waals surface area (Å²) in [4.78, 5) is 6.50. The number of aryl methyl sites for hydroxylation is 2. The predicted molar refractivity (Wildman–Crippen MR) is 83.9 cm³/mol. The fraction of sp³-hybridized carbons (Fsp3) is 0.812. The molecule has 1 atom stereocenters. The van der Waals surface area contributed by atoms with Gasteiger partial charge in [0.05, 0.1) is 11.2 Å². The molecule has 0 radical (unpaired) electrons. The number of aromatic nitrogens is 1. The summed E-state index contributed by atoms with van der Waals surface area (Å²) in [5.41, 5.74) is 1.47. The lowest BCUT2D eigenvalue weighted by Crippen LogP contribution is -2.36. The van der Waals surface area contributed by atoms with Crippen LogP contribution in [0.2, 0.25) is 0 Å². The molecule has 1 aromatic rings. The molecule has 19 heavy (non-hydrogen) atoms. The van der Waals surface area contributed by atoms with Gasteiger partial charge in [0.25, 0.3) is 0 Å². The Bertz CT molecular complexity index is 376. The number of unbranched alkanes of at least 4 members (excludes halogenated alkanes) is 3. The Hall–Kier alpha value is -0.410. The molecule has 0 spiro atoms. The van der Waals surface area contributed by atoms with E-state index in [0.717, 1.165) is 0 Å². The minimum Gasteiger partial charge on any atom is -0.309 e. The van der Waals surface area contributed by atoms with E-state index in [0.29, 0.717) is 0 Å². The average Bonchev–Trinajstić information content (AvgIpc) is 2.88. The molecule has 0 saturated carbocycles.